The summed E-state index contributed by atoms with van der Waals surface area (Å²) in [6, 6.07) is 59.7. The molecule has 752 valence electrons. The quantitative estimate of drug-likeness (QED) is 0.0125. The number of benzene rings is 9. The molecule has 10 amide bonds. The number of aromatic amines is 2. The number of likely N-dealkylation sites (tertiary alicyclic amines) is 2. The number of nitrogens with one attached hydrogen (secondary N) is 8. The Morgan fingerprint density at radius 3 is 1.48 bits per heavy atom. The number of H-pyrrole nitrogens is 2. The lowest BCUT2D eigenvalue weighted by molar-refractivity contribution is -0.153. The van der Waals surface area contributed by atoms with Gasteiger partial charge in [-0.25, -0.2) is 4.79 Å². The Labute approximate surface area is 836 Å². The Kier molecular flexibility index (Phi) is 36.4. The molecule has 0 aliphatic carbocycles. The third kappa shape index (κ3) is 24.8. The Morgan fingerprint density at radius 1 is 0.497 bits per heavy atom. The van der Waals surface area contributed by atoms with Gasteiger partial charge in [0.05, 0.1) is 45.9 Å². The van der Waals surface area contributed by atoms with E-state index in [0.717, 1.165) is 4.90 Å². The zero-order valence-electron chi connectivity index (χ0n) is 81.9. The number of likely N-dealkylation sites (N-methyl/N-ethyl adjacent to an activating group) is 4. The number of amides is 10. The van der Waals surface area contributed by atoms with Gasteiger partial charge in [0.15, 0.2) is 5.56 Å². The molecule has 2 saturated heterocycles. The summed E-state index contributed by atoms with van der Waals surface area (Å²) < 4.78 is 32.6. The SMILES string of the molecule is CCN[C@@H](CC)C(=O)N(C)[C@@H](COC(c1ccccc1)(c1ccc(OC)cc1)c1ccc(OC)cc1)C(=O)N1C[C@H](OCC)C[C@H]1C(=O)N[C@H](C(=O)N(C)[C@@H](Cc1ccccc1)C(=O)N[C@H](C(=O)N[C@@H](Cc1c[nH]c2ccccc12)C(=O)N[C@@H](Cc1c[nH]c2ccccc12)C(=O)N1CCC[C@H]1C(=O)N(C)CC(=O)N[C@@H](CC(=O)O)C(=O)O)C(Cl)OC(c1ccccc1)(c1ccccc1)c1ccccc1)[C@@H](C)CC. The predicted octanol–water partition coefficient (Wildman–Crippen LogP) is 10.8. The molecule has 0 bridgehead atoms. The van der Waals surface area contributed by atoms with Crippen LogP contribution in [-0.4, -0.2) is 263 Å². The van der Waals surface area contributed by atoms with Gasteiger partial charge in [0, 0.05) is 101 Å². The van der Waals surface area contributed by atoms with Gasteiger partial charge in [-0.3, -0.25) is 52.7 Å². The fourth-order valence-corrected chi connectivity index (χ4v) is 19.5. The number of hydrogen-bond acceptors (Lipinski definition) is 18. The van der Waals surface area contributed by atoms with Crippen molar-refractivity contribution in [2.75, 3.05) is 74.8 Å². The van der Waals surface area contributed by atoms with Gasteiger partial charge in [-0.1, -0.05) is 258 Å². The maximum absolute atomic E-state index is 16.9. The smallest absolute Gasteiger partial charge is 0.326 e. The summed E-state index contributed by atoms with van der Waals surface area (Å²) in [4.78, 5) is 194. The summed E-state index contributed by atoms with van der Waals surface area (Å²) in [5, 5.41) is 38.0. The molecule has 2 aliphatic rings. The maximum atomic E-state index is 16.9. The van der Waals surface area contributed by atoms with E-state index in [-0.39, 0.29) is 64.6 Å². The number of carbonyl (C=O) groups is 12. The summed E-state index contributed by atoms with van der Waals surface area (Å²) in [6.07, 6.45) is 1.87. The third-order valence-electron chi connectivity index (χ3n) is 27.0. The Hall–Kier alpha value is -14.6. The average molecular weight is 1970 g/mol. The average Bonchev–Trinajstić information content (AvgIpc) is 1.62. The number of carbonyl (C=O) groups excluding carboxylic acids is 10. The highest BCUT2D eigenvalue weighted by atomic mass is 35.5. The van der Waals surface area contributed by atoms with Crippen molar-refractivity contribution >= 4 is 104 Å². The second kappa shape index (κ2) is 49.2. The maximum Gasteiger partial charge on any atom is 0.326 e. The highest BCUT2D eigenvalue weighted by molar-refractivity contribution is 6.22. The van der Waals surface area contributed by atoms with Gasteiger partial charge in [-0.05, 0) is 125 Å². The molecule has 11 aromatic rings. The van der Waals surface area contributed by atoms with E-state index in [4.69, 9.17) is 35.3 Å². The molecule has 143 heavy (non-hydrogen) atoms. The van der Waals surface area contributed by atoms with E-state index >= 15 is 38.4 Å². The van der Waals surface area contributed by atoms with Gasteiger partial charge in [-0.2, -0.15) is 0 Å². The molecule has 33 heteroatoms. The van der Waals surface area contributed by atoms with E-state index in [0.29, 0.717) is 96.3 Å². The van der Waals surface area contributed by atoms with Crippen LogP contribution in [0.2, 0.25) is 0 Å². The molecule has 10 N–H and O–H groups in total. The van der Waals surface area contributed by atoms with Crippen molar-refractivity contribution in [3.63, 3.8) is 0 Å². The Bertz CT molecular complexity index is 6060. The first-order valence-corrected chi connectivity index (χ1v) is 48.7. The van der Waals surface area contributed by atoms with Crippen LogP contribution in [0.5, 0.6) is 11.5 Å². The van der Waals surface area contributed by atoms with Crippen LogP contribution in [0, 0.1) is 5.92 Å². The summed E-state index contributed by atoms with van der Waals surface area (Å²) in [5.41, 5.74) is 1.29. The van der Waals surface area contributed by atoms with Gasteiger partial charge in [-0.15, -0.1) is 0 Å². The lowest BCUT2D eigenvalue weighted by Crippen LogP contribution is -2.63. The zero-order valence-corrected chi connectivity index (χ0v) is 82.6. The molecular weight excluding hydrogens is 1840 g/mol. The van der Waals surface area contributed by atoms with Crippen LogP contribution >= 0.6 is 11.6 Å². The van der Waals surface area contributed by atoms with Crippen molar-refractivity contribution < 1.29 is 91.4 Å². The summed E-state index contributed by atoms with van der Waals surface area (Å²) in [5.74, 6) is -10.8. The number of nitrogens with zero attached hydrogens (tertiary/aromatic N) is 5. The number of halogens is 1. The molecule has 9 aromatic carbocycles. The number of rotatable bonds is 48. The molecular formula is C110H126ClN13O19. The van der Waals surface area contributed by atoms with Crippen LogP contribution in [-0.2, 0) is 102 Å². The first kappa shape index (κ1) is 106. The van der Waals surface area contributed by atoms with Crippen LogP contribution < -0.4 is 41.4 Å². The molecule has 0 saturated carbocycles. The van der Waals surface area contributed by atoms with Crippen molar-refractivity contribution in [1.82, 2.24) is 66.4 Å². The number of carboxylic acids is 2. The third-order valence-corrected chi connectivity index (χ3v) is 27.4. The first-order chi connectivity index (χ1) is 69.0. The van der Waals surface area contributed by atoms with Gasteiger partial charge in [0.25, 0.3) is 0 Å². The fourth-order valence-electron chi connectivity index (χ4n) is 19.2. The zero-order chi connectivity index (χ0) is 102. The minimum absolute atomic E-state index is 0.00817. The molecule has 0 radical (unpaired) electrons. The molecule has 13 rings (SSSR count). The second-order valence-corrected chi connectivity index (χ2v) is 36.5. The molecule has 2 aromatic heterocycles. The Morgan fingerprint density at radius 2 is 0.986 bits per heavy atom. The number of para-hydroxylation sites is 2. The number of alkyl halides is 1. The van der Waals surface area contributed by atoms with E-state index in [2.05, 4.69) is 41.9 Å². The molecule has 2 fully saturated rings. The molecule has 2 aliphatic heterocycles. The lowest BCUT2D eigenvalue weighted by Gasteiger charge is -2.40. The minimum Gasteiger partial charge on any atom is -0.497 e. The largest absolute Gasteiger partial charge is 0.497 e. The van der Waals surface area contributed by atoms with Crippen molar-refractivity contribution in [1.29, 1.82) is 0 Å². The van der Waals surface area contributed by atoms with Crippen molar-refractivity contribution in [3.8, 4) is 11.5 Å². The highest BCUT2D eigenvalue weighted by Gasteiger charge is 2.51. The van der Waals surface area contributed by atoms with Crippen LogP contribution in [0.1, 0.15) is 123 Å². The predicted molar refractivity (Wildman–Crippen MR) is 540 cm³/mol. The van der Waals surface area contributed by atoms with E-state index in [1.807, 2.05) is 166 Å². The summed E-state index contributed by atoms with van der Waals surface area (Å²) in [7, 11) is 7.34. The lowest BCUT2D eigenvalue weighted by atomic mass is 9.80. The van der Waals surface area contributed by atoms with Crippen LogP contribution in [0.15, 0.2) is 261 Å². The van der Waals surface area contributed by atoms with E-state index in [1.54, 1.807) is 144 Å². The van der Waals surface area contributed by atoms with Crippen molar-refractivity contribution in [2.45, 2.75) is 176 Å². The molecule has 13 atom stereocenters. The van der Waals surface area contributed by atoms with Gasteiger partial charge < -0.3 is 100 Å². The Balaban J connectivity index is 0.870. The number of carboxylic acid groups (broad SMARTS) is 2. The topological polar surface area (TPSA) is 411 Å². The number of ether oxygens (including phenoxy) is 5. The highest BCUT2D eigenvalue weighted by Crippen LogP contribution is 2.45. The number of fused-ring (bicyclic) bond motifs is 2. The van der Waals surface area contributed by atoms with Crippen LogP contribution in [0.25, 0.3) is 21.8 Å². The summed E-state index contributed by atoms with van der Waals surface area (Å²) in [6.45, 7) is 8.41. The molecule has 4 heterocycles. The number of methoxy groups -OCH3 is 2. The fraction of sp³-hybridized carbons (Fsp3) is 0.364. The minimum atomic E-state index is -2.07. The number of hydrogen-bond donors (Lipinski definition) is 10. The number of aromatic nitrogens is 2. The van der Waals surface area contributed by atoms with Crippen LogP contribution in [0.4, 0.5) is 0 Å². The van der Waals surface area contributed by atoms with Gasteiger partial charge in [0.1, 0.15) is 77.1 Å². The van der Waals surface area contributed by atoms with E-state index < -0.39 is 180 Å². The normalized spacial score (nSPS) is 16.3. The molecule has 0 spiro atoms. The number of aliphatic carboxylic acids is 2. The van der Waals surface area contributed by atoms with Crippen molar-refractivity contribution in [3.05, 3.63) is 311 Å². The van der Waals surface area contributed by atoms with Crippen molar-refractivity contribution in [2.24, 2.45) is 5.92 Å². The van der Waals surface area contributed by atoms with Gasteiger partial charge >= 0.3 is 11.9 Å². The van der Waals surface area contributed by atoms with E-state index in [1.165, 1.54) is 40.7 Å². The van der Waals surface area contributed by atoms with Crippen LogP contribution in [0.3, 0.4) is 0 Å². The molecule has 1 unspecified atom stereocenters. The summed E-state index contributed by atoms with van der Waals surface area (Å²) >= 11 is 8.03. The molecule has 32 nitrogen and oxygen atoms in total. The second-order valence-electron chi connectivity index (χ2n) is 36.1. The van der Waals surface area contributed by atoms with Gasteiger partial charge in [0.2, 0.25) is 59.1 Å². The standard InChI is InChI=1S/C110H126ClN13O19/c1-11-69(5)96(118-101(130)92-62-81(141-14-4)66-124(92)106(135)93(122(8)103(132)84(12-2)112-13-3)68-142-109(73-37-22-16-23-38-73,77-50-54-79(139-9)55-51-77)78-52-56-80(140-10)57-53-78)107(136)121(7)91(59-70-35-20-15-21-36-70)100(129)119-97(98(111)143-110(74-39-24-17-25-40-74,75-41-26-18-27-42-75)76-43-28-19-29-44-76)102(131)116-87(60-71-64-113-85-47-32-30-45-82(71)85)99(128)117-88(61-72-65-114-86-48-33-31-46-83(72)86)104(133)123-58-34-49-90(123)105(134)120(6)67-94(125)115-89(108(137)138)63-95(126)127/h15-33,35-48,50-57,64-65,69,81,84,87-93,96-98,112-114H,11-14,34,49,58-63,66-68H2,1-10H3,(H,115,125)(H,116,131)(H,117,128)(H,118,130)(H,119,129)(H,126,127)(H,137,138)/t69-,81+,84-,87-,88-,89-,90-,91-,92-,93-,96-,97-,98?/m0/s1. The first-order valence-electron chi connectivity index (χ1n) is 48.3. The monoisotopic (exact) mass is 1970 g/mol. The van der Waals surface area contributed by atoms with E-state index in [9.17, 15) is 29.4 Å².